The van der Waals surface area contributed by atoms with E-state index < -0.39 is 5.97 Å². The van der Waals surface area contributed by atoms with E-state index in [4.69, 9.17) is 4.74 Å². The standard InChI is InChI=1S/C17H13NO4S/c19-14(11-4-2-1-3-5-11)9-22-17(21)12-6-7-15-13(8-12)18-16(20)10-23-15/h1-8H,9-10H2,(H,18,20). The molecule has 0 fully saturated rings. The first-order valence-corrected chi connectivity index (χ1v) is 7.94. The number of rotatable bonds is 4. The topological polar surface area (TPSA) is 72.5 Å². The van der Waals surface area contributed by atoms with E-state index in [1.54, 1.807) is 42.5 Å². The normalized spacial score (nSPS) is 13.0. The van der Waals surface area contributed by atoms with Gasteiger partial charge in [0.1, 0.15) is 0 Å². The van der Waals surface area contributed by atoms with Crippen molar-refractivity contribution in [3.8, 4) is 0 Å². The minimum Gasteiger partial charge on any atom is -0.454 e. The number of thioether (sulfide) groups is 1. The van der Waals surface area contributed by atoms with E-state index in [9.17, 15) is 14.4 Å². The molecule has 1 N–H and O–H groups in total. The van der Waals surface area contributed by atoms with Crippen molar-refractivity contribution in [2.75, 3.05) is 17.7 Å². The Morgan fingerprint density at radius 3 is 2.65 bits per heavy atom. The highest BCUT2D eigenvalue weighted by molar-refractivity contribution is 8.00. The lowest BCUT2D eigenvalue weighted by atomic mass is 10.1. The second kappa shape index (κ2) is 6.66. The summed E-state index contributed by atoms with van der Waals surface area (Å²) in [5.74, 6) is -0.600. The number of ketones is 1. The van der Waals surface area contributed by atoms with Gasteiger partial charge < -0.3 is 10.1 Å². The van der Waals surface area contributed by atoms with E-state index in [2.05, 4.69) is 5.32 Å². The van der Waals surface area contributed by atoms with Gasteiger partial charge in [0.2, 0.25) is 5.91 Å². The summed E-state index contributed by atoms with van der Waals surface area (Å²) in [5.41, 5.74) is 1.39. The Morgan fingerprint density at radius 1 is 1.09 bits per heavy atom. The summed E-state index contributed by atoms with van der Waals surface area (Å²) in [6.45, 7) is -0.318. The van der Waals surface area contributed by atoms with Crippen LogP contribution in [0.15, 0.2) is 53.4 Å². The molecule has 1 heterocycles. The van der Waals surface area contributed by atoms with Gasteiger partial charge in [0, 0.05) is 10.5 Å². The number of benzene rings is 2. The predicted octanol–water partition coefficient (Wildman–Crippen LogP) is 2.77. The number of nitrogens with one attached hydrogen (secondary N) is 1. The first kappa shape index (κ1) is 15.3. The molecule has 0 saturated heterocycles. The second-order valence-electron chi connectivity index (χ2n) is 4.91. The Hall–Kier alpha value is -2.60. The van der Waals surface area contributed by atoms with Crippen molar-refractivity contribution in [3.05, 3.63) is 59.7 Å². The molecule has 23 heavy (non-hydrogen) atoms. The van der Waals surface area contributed by atoms with Crippen LogP contribution in [-0.2, 0) is 9.53 Å². The number of hydrogen-bond acceptors (Lipinski definition) is 5. The van der Waals surface area contributed by atoms with Crippen LogP contribution in [0.1, 0.15) is 20.7 Å². The number of carbonyl (C=O) groups is 3. The van der Waals surface area contributed by atoms with Gasteiger partial charge in [-0.3, -0.25) is 9.59 Å². The number of carbonyl (C=O) groups excluding carboxylic acids is 3. The number of fused-ring (bicyclic) bond motifs is 1. The van der Waals surface area contributed by atoms with Gasteiger partial charge in [-0.15, -0.1) is 11.8 Å². The van der Waals surface area contributed by atoms with E-state index in [-0.39, 0.29) is 18.3 Å². The monoisotopic (exact) mass is 327 g/mol. The van der Waals surface area contributed by atoms with Crippen molar-refractivity contribution in [3.63, 3.8) is 0 Å². The minimum atomic E-state index is -0.595. The predicted molar refractivity (Wildman–Crippen MR) is 86.9 cm³/mol. The quantitative estimate of drug-likeness (QED) is 0.690. The van der Waals surface area contributed by atoms with Crippen LogP contribution in [0.3, 0.4) is 0 Å². The summed E-state index contributed by atoms with van der Waals surface area (Å²) in [5, 5.41) is 2.71. The molecular formula is C17H13NO4S. The Kier molecular flexibility index (Phi) is 4.43. The van der Waals surface area contributed by atoms with Crippen molar-refractivity contribution in [2.45, 2.75) is 4.90 Å². The van der Waals surface area contributed by atoms with E-state index in [0.29, 0.717) is 22.6 Å². The molecule has 0 saturated carbocycles. The number of ether oxygens (including phenoxy) is 1. The average molecular weight is 327 g/mol. The Balaban J connectivity index is 1.66. The van der Waals surface area contributed by atoms with Gasteiger partial charge in [-0.1, -0.05) is 30.3 Å². The van der Waals surface area contributed by atoms with Crippen molar-refractivity contribution >= 4 is 35.1 Å². The summed E-state index contributed by atoms with van der Waals surface area (Å²) >= 11 is 1.41. The number of anilines is 1. The maximum Gasteiger partial charge on any atom is 0.338 e. The van der Waals surface area contributed by atoms with Crippen LogP contribution in [0.2, 0.25) is 0 Å². The highest BCUT2D eigenvalue weighted by Gasteiger charge is 2.18. The number of amides is 1. The zero-order chi connectivity index (χ0) is 16.2. The fourth-order valence-corrected chi connectivity index (χ4v) is 2.92. The molecular weight excluding hydrogens is 314 g/mol. The first-order valence-electron chi connectivity index (χ1n) is 6.95. The maximum absolute atomic E-state index is 12.1. The molecule has 3 rings (SSSR count). The lowest BCUT2D eigenvalue weighted by molar-refractivity contribution is -0.113. The molecule has 0 spiro atoms. The summed E-state index contributed by atoms with van der Waals surface area (Å²) < 4.78 is 5.05. The summed E-state index contributed by atoms with van der Waals surface area (Å²) in [6, 6.07) is 13.6. The summed E-state index contributed by atoms with van der Waals surface area (Å²) in [6.07, 6.45) is 0. The molecule has 0 bridgehead atoms. The third kappa shape index (κ3) is 3.60. The lowest BCUT2D eigenvalue weighted by Gasteiger charge is -2.16. The number of hydrogen-bond donors (Lipinski definition) is 1. The highest BCUT2D eigenvalue weighted by atomic mass is 32.2. The molecule has 1 aliphatic heterocycles. The molecule has 0 radical (unpaired) electrons. The molecule has 5 nitrogen and oxygen atoms in total. The lowest BCUT2D eigenvalue weighted by Crippen LogP contribution is -2.19. The van der Waals surface area contributed by atoms with E-state index >= 15 is 0 Å². The van der Waals surface area contributed by atoms with Crippen molar-refractivity contribution < 1.29 is 19.1 Å². The molecule has 6 heteroatoms. The number of Topliss-reactive ketones (excluding diaryl/α,β-unsaturated/α-hetero) is 1. The van der Waals surface area contributed by atoms with Crippen LogP contribution in [-0.4, -0.2) is 30.0 Å². The summed E-state index contributed by atoms with van der Waals surface area (Å²) in [7, 11) is 0. The Labute approximate surface area is 137 Å². The summed E-state index contributed by atoms with van der Waals surface area (Å²) in [4.78, 5) is 36.3. The molecule has 0 atom stereocenters. The first-order chi connectivity index (χ1) is 11.1. The Morgan fingerprint density at radius 2 is 1.87 bits per heavy atom. The van der Waals surface area contributed by atoms with E-state index in [1.807, 2.05) is 6.07 Å². The SMILES string of the molecule is O=C1CSc2ccc(C(=O)OCC(=O)c3ccccc3)cc2N1. The smallest absolute Gasteiger partial charge is 0.338 e. The largest absolute Gasteiger partial charge is 0.454 e. The van der Waals surface area contributed by atoms with Gasteiger partial charge in [0.25, 0.3) is 0 Å². The van der Waals surface area contributed by atoms with Crippen molar-refractivity contribution in [2.24, 2.45) is 0 Å². The Bertz CT molecular complexity index is 773. The molecule has 116 valence electrons. The van der Waals surface area contributed by atoms with Crippen LogP contribution in [0.4, 0.5) is 5.69 Å². The molecule has 0 aliphatic carbocycles. The average Bonchev–Trinajstić information content (AvgIpc) is 2.59. The van der Waals surface area contributed by atoms with Gasteiger partial charge in [0.15, 0.2) is 12.4 Å². The molecule has 0 aromatic heterocycles. The molecule has 2 aromatic carbocycles. The second-order valence-corrected chi connectivity index (χ2v) is 5.93. The van der Waals surface area contributed by atoms with Gasteiger partial charge in [-0.2, -0.15) is 0 Å². The van der Waals surface area contributed by atoms with E-state index in [0.717, 1.165) is 4.90 Å². The van der Waals surface area contributed by atoms with Crippen LogP contribution in [0.5, 0.6) is 0 Å². The highest BCUT2D eigenvalue weighted by Crippen LogP contribution is 2.32. The van der Waals surface area contributed by atoms with Crippen LogP contribution in [0.25, 0.3) is 0 Å². The fraction of sp³-hybridized carbons (Fsp3) is 0.118. The van der Waals surface area contributed by atoms with Crippen molar-refractivity contribution in [1.82, 2.24) is 0 Å². The molecule has 1 aliphatic rings. The minimum absolute atomic E-state index is 0.104. The van der Waals surface area contributed by atoms with Gasteiger partial charge in [-0.25, -0.2) is 4.79 Å². The third-order valence-corrected chi connectivity index (χ3v) is 4.35. The molecule has 1 amide bonds. The van der Waals surface area contributed by atoms with Crippen LogP contribution >= 0.6 is 11.8 Å². The van der Waals surface area contributed by atoms with Crippen molar-refractivity contribution in [1.29, 1.82) is 0 Å². The zero-order valence-electron chi connectivity index (χ0n) is 12.1. The molecule has 2 aromatic rings. The van der Waals surface area contributed by atoms with Gasteiger partial charge in [0.05, 0.1) is 17.0 Å². The van der Waals surface area contributed by atoms with Crippen LogP contribution in [0, 0.1) is 0 Å². The van der Waals surface area contributed by atoms with Gasteiger partial charge in [-0.05, 0) is 18.2 Å². The number of esters is 1. The maximum atomic E-state index is 12.1. The third-order valence-electron chi connectivity index (χ3n) is 3.28. The fourth-order valence-electron chi connectivity index (χ4n) is 2.13. The van der Waals surface area contributed by atoms with E-state index in [1.165, 1.54) is 11.8 Å². The van der Waals surface area contributed by atoms with Crippen LogP contribution < -0.4 is 5.32 Å². The van der Waals surface area contributed by atoms with Gasteiger partial charge >= 0.3 is 5.97 Å². The zero-order valence-corrected chi connectivity index (χ0v) is 12.9. The molecule has 0 unspecified atom stereocenters.